The van der Waals surface area contributed by atoms with E-state index >= 15 is 0 Å². The molecule has 0 atom stereocenters. The number of hydrogen-bond acceptors (Lipinski definition) is 1. The van der Waals surface area contributed by atoms with Crippen LogP contribution >= 0.6 is 17.0 Å². The van der Waals surface area contributed by atoms with Gasteiger partial charge in [0.1, 0.15) is 0 Å². The topological polar surface area (TPSA) is 63.5 Å². The summed E-state index contributed by atoms with van der Waals surface area (Å²) in [6.07, 6.45) is 0. The Kier molecular flexibility index (Phi) is 506. The molecule has 0 aromatic heterocycles. The number of halogens is 1. The molecule has 4 heavy (non-hydrogen) atoms. The molecule has 2 nitrogen and oxygen atoms in total. The molecule has 0 saturated heterocycles. The first kappa shape index (κ1) is 65.9. The van der Waals surface area contributed by atoms with E-state index in [9.17, 15) is 0 Å². The smallest absolute Gasteiger partial charge is 2.00 e. The van der Waals surface area contributed by atoms with Gasteiger partial charge in [-0.25, -0.2) is 0 Å². The normalized spacial score (nSPS) is 0. The van der Waals surface area contributed by atoms with Crippen LogP contribution in [0.3, 0.4) is 0 Å². The van der Waals surface area contributed by atoms with Crippen molar-refractivity contribution in [3.8, 4) is 0 Å². The quantitative estimate of drug-likeness (QED) is 0.479. The molecule has 0 aliphatic carbocycles. The van der Waals surface area contributed by atoms with Crippen LogP contribution in [0, 0.1) is 0 Å². The first-order valence-corrected chi connectivity index (χ1v) is 0. The van der Waals surface area contributed by atoms with Gasteiger partial charge in [0.25, 0.3) is 0 Å². The summed E-state index contributed by atoms with van der Waals surface area (Å²) in [6, 6.07) is 0. The van der Waals surface area contributed by atoms with E-state index in [4.69, 9.17) is 0 Å². The summed E-state index contributed by atoms with van der Waals surface area (Å²) in [6.45, 7) is 0. The van der Waals surface area contributed by atoms with Crippen LogP contribution in [0.1, 0.15) is 0 Å². The third kappa shape index (κ3) is 10.9. The van der Waals surface area contributed by atoms with Crippen LogP contribution in [0.5, 0.6) is 0 Å². The molecular formula is H4BrMgNO. The zero-order valence-electron chi connectivity index (χ0n) is 2.23. The average molecular weight is 138 g/mol. The maximum Gasteiger partial charge on any atom is 2.00 e. The van der Waals surface area contributed by atoms with Crippen molar-refractivity contribution in [3.63, 3.8) is 0 Å². The van der Waals surface area contributed by atoms with E-state index in [0.29, 0.717) is 0 Å². The zero-order valence-corrected chi connectivity index (χ0v) is 5.36. The third-order valence-corrected chi connectivity index (χ3v) is 0. The Labute approximate surface area is 51.8 Å². The van der Waals surface area contributed by atoms with Crippen molar-refractivity contribution in [2.24, 2.45) is 0 Å². The fourth-order valence-corrected chi connectivity index (χ4v) is 0. The van der Waals surface area contributed by atoms with Crippen molar-refractivity contribution < 1.29 is 5.48 Å². The molecule has 0 aromatic rings. The summed E-state index contributed by atoms with van der Waals surface area (Å²) in [5.74, 6) is 0. The molecule has 0 radical (unpaired) electrons. The van der Waals surface area contributed by atoms with Crippen LogP contribution in [0.25, 0.3) is 0 Å². The summed E-state index contributed by atoms with van der Waals surface area (Å²) in [5.41, 5.74) is 0. The predicted molar refractivity (Wildman–Crippen MR) is 21.8 cm³/mol. The molecule has 0 rings (SSSR count). The van der Waals surface area contributed by atoms with E-state index < -0.39 is 0 Å². The Morgan fingerprint density at radius 1 is 1.00 bits per heavy atom. The molecule has 0 unspecified atom stereocenters. The summed E-state index contributed by atoms with van der Waals surface area (Å²) >= 11 is 0. The minimum atomic E-state index is 0. The van der Waals surface area contributed by atoms with Crippen LogP contribution in [-0.4, -0.2) is 23.1 Å². The van der Waals surface area contributed by atoms with Crippen molar-refractivity contribution in [2.45, 2.75) is 0 Å². The van der Waals surface area contributed by atoms with Gasteiger partial charge in [-0.3, -0.25) is 0 Å². The molecule has 0 saturated carbocycles. The predicted octanol–water partition coefficient (Wildman–Crippen LogP) is 0.240. The Balaban J connectivity index is 0. The zero-order chi connectivity index (χ0) is 0. The fourth-order valence-electron chi connectivity index (χ4n) is 0. The number of rotatable bonds is 0. The second kappa shape index (κ2) is 30.7. The molecule has 24 valence electrons. The van der Waals surface area contributed by atoms with Gasteiger partial charge < -0.3 is 11.6 Å². The molecule has 0 heterocycles. The van der Waals surface area contributed by atoms with Crippen molar-refractivity contribution >= 4 is 40.0 Å². The largest absolute Gasteiger partial charge is 2.00 e. The van der Waals surface area contributed by atoms with Crippen LogP contribution in [0.15, 0.2) is 0 Å². The summed E-state index contributed by atoms with van der Waals surface area (Å²) in [4.78, 5) is 0. The van der Waals surface area contributed by atoms with Gasteiger partial charge in [-0.15, -0.1) is 17.0 Å². The molecule has 4 heteroatoms. The maximum atomic E-state index is 0. The van der Waals surface area contributed by atoms with E-state index in [-0.39, 0.29) is 51.7 Å². The molecule has 0 aliphatic heterocycles. The van der Waals surface area contributed by atoms with Gasteiger partial charge in [-0.05, 0) is 0 Å². The van der Waals surface area contributed by atoms with Gasteiger partial charge in [0, 0.05) is 0 Å². The summed E-state index contributed by atoms with van der Waals surface area (Å²) in [5, 5.41) is 0. The van der Waals surface area contributed by atoms with Crippen LogP contribution in [0.2, 0.25) is 0 Å². The van der Waals surface area contributed by atoms with Crippen molar-refractivity contribution in [3.05, 3.63) is 0 Å². The Bertz CT molecular complexity index is 8.00. The third-order valence-electron chi connectivity index (χ3n) is 0. The monoisotopic (exact) mass is 137 g/mol. The maximum absolute atomic E-state index is 0. The molecule has 0 fully saturated rings. The molecule has 3 N–H and O–H groups in total. The second-order valence-electron chi connectivity index (χ2n) is 0. The molecule has 0 amide bonds. The first-order valence-electron chi connectivity index (χ1n) is 0. The van der Waals surface area contributed by atoms with Crippen LogP contribution in [-0.2, 0) is 5.48 Å². The van der Waals surface area contributed by atoms with E-state index in [1.54, 1.807) is 0 Å². The molecule has 0 aliphatic rings. The van der Waals surface area contributed by atoms with Crippen LogP contribution < -0.4 is 6.15 Å². The standard InChI is InChI=1S/BrH.Mg.H3N.O/h1H;;1H3;/q;+2;;-2. The second-order valence-corrected chi connectivity index (χ2v) is 0. The van der Waals surface area contributed by atoms with Gasteiger partial charge in [-0.2, -0.15) is 0 Å². The van der Waals surface area contributed by atoms with Crippen molar-refractivity contribution in [1.82, 2.24) is 6.15 Å². The van der Waals surface area contributed by atoms with Gasteiger partial charge >= 0.3 is 23.1 Å². The first-order chi connectivity index (χ1) is 0. The molecule has 0 spiro atoms. The van der Waals surface area contributed by atoms with E-state index in [1.165, 1.54) is 0 Å². The molecular weight excluding hydrogens is 134 g/mol. The van der Waals surface area contributed by atoms with Crippen LogP contribution in [0.4, 0.5) is 0 Å². The fraction of sp³-hybridized carbons (Fsp3) is 0. The molecule has 0 aromatic carbocycles. The Morgan fingerprint density at radius 3 is 1.00 bits per heavy atom. The van der Waals surface area contributed by atoms with E-state index in [0.717, 1.165) is 0 Å². The minimum Gasteiger partial charge on any atom is -2.00 e. The average Bonchev–Trinajstić information content (AvgIpc) is 0. The SMILES string of the molecule is Br.N.[Mg+2].[O-2]. The van der Waals surface area contributed by atoms with Crippen molar-refractivity contribution in [1.29, 1.82) is 0 Å². The van der Waals surface area contributed by atoms with Gasteiger partial charge in [-0.1, -0.05) is 0 Å². The van der Waals surface area contributed by atoms with Gasteiger partial charge in [0.15, 0.2) is 0 Å². The van der Waals surface area contributed by atoms with Gasteiger partial charge in [0.05, 0.1) is 0 Å². The summed E-state index contributed by atoms with van der Waals surface area (Å²) in [7, 11) is 0. The van der Waals surface area contributed by atoms with E-state index in [1.807, 2.05) is 0 Å². The van der Waals surface area contributed by atoms with Gasteiger partial charge in [0.2, 0.25) is 0 Å². The Morgan fingerprint density at radius 2 is 1.00 bits per heavy atom. The van der Waals surface area contributed by atoms with Crippen molar-refractivity contribution in [2.75, 3.05) is 0 Å². The summed E-state index contributed by atoms with van der Waals surface area (Å²) < 4.78 is 0. The number of hydrogen-bond donors (Lipinski definition) is 1. The molecule has 0 bridgehead atoms. The Hall–Kier alpha value is 1.17. The van der Waals surface area contributed by atoms with E-state index in [2.05, 4.69) is 0 Å². The minimum absolute atomic E-state index is 0.